The number of carbonyl (C=O) groups excluding carboxylic acids is 1. The summed E-state index contributed by atoms with van der Waals surface area (Å²) in [6.07, 6.45) is 1.17. The van der Waals surface area contributed by atoms with E-state index in [0.717, 1.165) is 0 Å². The topological polar surface area (TPSA) is 67.8 Å². The number of aliphatic hydroxyl groups excluding tert-OH is 1. The molecule has 0 spiro atoms. The van der Waals surface area contributed by atoms with Gasteiger partial charge in [-0.3, -0.25) is 10.1 Å². The molecule has 1 rings (SSSR count). The molecule has 1 fully saturated rings. The number of hydrogen-bond donors (Lipinski definition) is 2. The van der Waals surface area contributed by atoms with Crippen LogP contribution in [0.3, 0.4) is 0 Å². The van der Waals surface area contributed by atoms with Crippen molar-refractivity contribution >= 4 is 5.97 Å². The number of β-amino-alcohol motifs (C(OH)–C–C–N with tert-alkyl or cyclic N) is 1. The van der Waals surface area contributed by atoms with E-state index in [4.69, 9.17) is 14.6 Å². The van der Waals surface area contributed by atoms with Gasteiger partial charge in [-0.05, 0) is 33.6 Å². The molecule has 0 amide bonds. The van der Waals surface area contributed by atoms with Gasteiger partial charge in [0, 0.05) is 19.8 Å². The second-order valence-corrected chi connectivity index (χ2v) is 5.35. The number of nitrogens with one attached hydrogen (secondary N) is 1. The highest BCUT2D eigenvalue weighted by Gasteiger charge is 2.42. The van der Waals surface area contributed by atoms with Crippen molar-refractivity contribution in [3.05, 3.63) is 0 Å². The molecule has 0 unspecified atom stereocenters. The van der Waals surface area contributed by atoms with Crippen molar-refractivity contribution in [3.8, 4) is 0 Å². The number of esters is 1. The molecule has 1 aliphatic rings. The fourth-order valence-corrected chi connectivity index (χ4v) is 1.84. The maximum absolute atomic E-state index is 12.2. The first-order valence-corrected chi connectivity index (χ1v) is 6.07. The third kappa shape index (κ3) is 4.26. The van der Waals surface area contributed by atoms with Gasteiger partial charge in [0.05, 0.1) is 6.61 Å². The van der Waals surface area contributed by atoms with Crippen LogP contribution < -0.4 is 5.32 Å². The molecule has 0 radical (unpaired) electrons. The van der Waals surface area contributed by atoms with E-state index in [9.17, 15) is 4.79 Å². The Kier molecular flexibility index (Phi) is 4.91. The summed E-state index contributed by atoms with van der Waals surface area (Å²) in [5, 5.41) is 12.0. The van der Waals surface area contributed by atoms with E-state index in [1.165, 1.54) is 0 Å². The lowest BCUT2D eigenvalue weighted by atomic mass is 9.89. The van der Waals surface area contributed by atoms with Crippen molar-refractivity contribution in [2.24, 2.45) is 0 Å². The van der Waals surface area contributed by atoms with Crippen molar-refractivity contribution in [3.63, 3.8) is 0 Å². The molecule has 0 bridgehead atoms. The third-order valence-corrected chi connectivity index (χ3v) is 2.71. The van der Waals surface area contributed by atoms with Crippen LogP contribution in [0.5, 0.6) is 0 Å². The predicted molar refractivity (Wildman–Crippen MR) is 63.7 cm³/mol. The van der Waals surface area contributed by atoms with Gasteiger partial charge in [-0.25, -0.2) is 0 Å². The molecule has 1 aliphatic heterocycles. The van der Waals surface area contributed by atoms with Gasteiger partial charge >= 0.3 is 5.97 Å². The van der Waals surface area contributed by atoms with Crippen LogP contribution >= 0.6 is 0 Å². The lowest BCUT2D eigenvalue weighted by Crippen LogP contribution is -2.58. The van der Waals surface area contributed by atoms with E-state index >= 15 is 0 Å². The Morgan fingerprint density at radius 2 is 2.00 bits per heavy atom. The highest BCUT2D eigenvalue weighted by Crippen LogP contribution is 2.24. The number of aliphatic hydroxyl groups is 1. The zero-order valence-electron chi connectivity index (χ0n) is 10.9. The Balaban J connectivity index is 2.70. The van der Waals surface area contributed by atoms with Crippen molar-refractivity contribution in [2.75, 3.05) is 26.4 Å². The van der Waals surface area contributed by atoms with Crippen molar-refractivity contribution in [1.82, 2.24) is 5.32 Å². The predicted octanol–water partition coefficient (Wildman–Crippen LogP) is 0.459. The zero-order chi connectivity index (χ0) is 12.9. The average molecular weight is 245 g/mol. The highest BCUT2D eigenvalue weighted by molar-refractivity contribution is 5.81. The standard InChI is InChI=1S/C12H23NO4/c1-11(2,3)17-10(15)12(13-6-7-14)4-8-16-9-5-12/h13-14H,4-9H2,1-3H3. The maximum atomic E-state index is 12.2. The molecule has 1 heterocycles. The van der Waals surface area contributed by atoms with Gasteiger partial charge in [0.15, 0.2) is 0 Å². The second-order valence-electron chi connectivity index (χ2n) is 5.35. The highest BCUT2D eigenvalue weighted by atomic mass is 16.6. The summed E-state index contributed by atoms with van der Waals surface area (Å²) in [5.41, 5.74) is -1.20. The Hall–Kier alpha value is -0.650. The molecule has 17 heavy (non-hydrogen) atoms. The number of rotatable bonds is 4. The number of carbonyl (C=O) groups is 1. The summed E-state index contributed by atoms with van der Waals surface area (Å²) in [5.74, 6) is -0.248. The first kappa shape index (κ1) is 14.4. The second kappa shape index (κ2) is 5.80. The van der Waals surface area contributed by atoms with Crippen LogP contribution in [0.25, 0.3) is 0 Å². The van der Waals surface area contributed by atoms with E-state index in [1.54, 1.807) is 0 Å². The van der Waals surface area contributed by atoms with E-state index in [0.29, 0.717) is 32.6 Å². The van der Waals surface area contributed by atoms with Gasteiger partial charge in [0.1, 0.15) is 11.1 Å². The van der Waals surface area contributed by atoms with Gasteiger partial charge in [-0.1, -0.05) is 0 Å². The molecule has 0 atom stereocenters. The van der Waals surface area contributed by atoms with Crippen LogP contribution in [-0.4, -0.2) is 48.6 Å². The molecule has 1 saturated heterocycles. The van der Waals surface area contributed by atoms with E-state index in [-0.39, 0.29) is 12.6 Å². The van der Waals surface area contributed by atoms with Crippen LogP contribution in [-0.2, 0) is 14.3 Å². The van der Waals surface area contributed by atoms with Crippen LogP contribution in [0.2, 0.25) is 0 Å². The summed E-state index contributed by atoms with van der Waals surface area (Å²) in [4.78, 5) is 12.2. The Labute approximate surface area is 102 Å². The maximum Gasteiger partial charge on any atom is 0.327 e. The summed E-state index contributed by atoms with van der Waals surface area (Å²) in [6, 6.07) is 0. The summed E-state index contributed by atoms with van der Waals surface area (Å²) in [6.45, 7) is 7.03. The van der Waals surface area contributed by atoms with Crippen molar-refractivity contribution in [1.29, 1.82) is 0 Å². The third-order valence-electron chi connectivity index (χ3n) is 2.71. The Bertz CT molecular complexity index is 254. The molecular formula is C12H23NO4. The lowest BCUT2D eigenvalue weighted by molar-refractivity contribution is -0.167. The Morgan fingerprint density at radius 3 is 2.47 bits per heavy atom. The molecule has 0 aromatic heterocycles. The van der Waals surface area contributed by atoms with E-state index in [2.05, 4.69) is 5.32 Å². The first-order chi connectivity index (χ1) is 7.90. The fourth-order valence-electron chi connectivity index (χ4n) is 1.84. The minimum absolute atomic E-state index is 0.00536. The summed E-state index contributed by atoms with van der Waals surface area (Å²) >= 11 is 0. The normalized spacial score (nSPS) is 20.0. The number of hydrogen-bond acceptors (Lipinski definition) is 5. The van der Waals surface area contributed by atoms with Gasteiger partial charge in [-0.15, -0.1) is 0 Å². The average Bonchev–Trinajstić information content (AvgIpc) is 2.25. The molecular weight excluding hydrogens is 222 g/mol. The first-order valence-electron chi connectivity index (χ1n) is 6.07. The van der Waals surface area contributed by atoms with Crippen LogP contribution in [0.15, 0.2) is 0 Å². The van der Waals surface area contributed by atoms with Crippen molar-refractivity contribution < 1.29 is 19.4 Å². The summed E-state index contributed by atoms with van der Waals surface area (Å²) in [7, 11) is 0. The lowest BCUT2D eigenvalue weighted by Gasteiger charge is -2.37. The Morgan fingerprint density at radius 1 is 1.41 bits per heavy atom. The smallest absolute Gasteiger partial charge is 0.327 e. The minimum Gasteiger partial charge on any atom is -0.459 e. The molecule has 0 aromatic carbocycles. The quantitative estimate of drug-likeness (QED) is 0.704. The van der Waals surface area contributed by atoms with Gasteiger partial charge < -0.3 is 14.6 Å². The molecule has 100 valence electrons. The minimum atomic E-state index is -0.700. The van der Waals surface area contributed by atoms with Gasteiger partial charge in [-0.2, -0.15) is 0 Å². The van der Waals surface area contributed by atoms with E-state index < -0.39 is 11.1 Å². The largest absolute Gasteiger partial charge is 0.459 e. The molecule has 0 aliphatic carbocycles. The van der Waals surface area contributed by atoms with Crippen LogP contribution in [0.1, 0.15) is 33.6 Å². The fraction of sp³-hybridized carbons (Fsp3) is 0.917. The zero-order valence-corrected chi connectivity index (χ0v) is 10.9. The van der Waals surface area contributed by atoms with Crippen LogP contribution in [0, 0.1) is 0 Å². The SMILES string of the molecule is CC(C)(C)OC(=O)C1(NCCO)CCOCC1. The molecule has 5 heteroatoms. The monoisotopic (exact) mass is 245 g/mol. The van der Waals surface area contributed by atoms with Gasteiger partial charge in [0.2, 0.25) is 0 Å². The van der Waals surface area contributed by atoms with Gasteiger partial charge in [0.25, 0.3) is 0 Å². The molecule has 2 N–H and O–H groups in total. The molecule has 0 saturated carbocycles. The molecule has 5 nitrogen and oxygen atoms in total. The summed E-state index contributed by atoms with van der Waals surface area (Å²) < 4.78 is 10.7. The van der Waals surface area contributed by atoms with Crippen molar-refractivity contribution in [2.45, 2.75) is 44.8 Å². The van der Waals surface area contributed by atoms with E-state index in [1.807, 2.05) is 20.8 Å². The van der Waals surface area contributed by atoms with Crippen LogP contribution in [0.4, 0.5) is 0 Å². The molecule has 0 aromatic rings. The number of ether oxygens (including phenoxy) is 2.